The molecule has 1 rings (SSSR count). The van der Waals surface area contributed by atoms with Crippen molar-refractivity contribution in [1.82, 2.24) is 0 Å². The number of hydrogen-bond donors (Lipinski definition) is 0. The van der Waals surface area contributed by atoms with Crippen molar-refractivity contribution >= 4 is 27.5 Å². The molecule has 0 aliphatic heterocycles. The lowest BCUT2D eigenvalue weighted by atomic mass is 9.93. The molecule has 1 aromatic carbocycles. The smallest absolute Gasteiger partial charge is 0.0441 e. The van der Waals surface area contributed by atoms with Gasteiger partial charge in [0.1, 0.15) is 0 Å². The number of rotatable bonds is 6. The van der Waals surface area contributed by atoms with E-state index in [2.05, 4.69) is 41.9 Å². The normalized spacial score (nSPS) is 13.1. The first-order valence-corrected chi connectivity index (χ1v) is 7.45. The lowest BCUT2D eigenvalue weighted by Crippen LogP contribution is -2.02. The molecule has 1 unspecified atom stereocenters. The minimum atomic E-state index is 0.549. The zero-order valence-electron chi connectivity index (χ0n) is 10.0. The molecule has 0 nitrogen and oxygen atoms in total. The van der Waals surface area contributed by atoms with Crippen molar-refractivity contribution in [2.45, 2.75) is 39.0 Å². The van der Waals surface area contributed by atoms with Crippen molar-refractivity contribution in [3.05, 3.63) is 34.9 Å². The zero-order valence-corrected chi connectivity index (χ0v) is 12.4. The molecule has 0 radical (unpaired) electrons. The van der Waals surface area contributed by atoms with Gasteiger partial charge >= 0.3 is 0 Å². The first kappa shape index (κ1) is 14.1. The largest absolute Gasteiger partial charge is 0.0921 e. The highest BCUT2D eigenvalue weighted by molar-refractivity contribution is 9.09. The minimum absolute atomic E-state index is 0.549. The van der Waals surface area contributed by atoms with Crippen LogP contribution in [0.15, 0.2) is 24.3 Å². The summed E-state index contributed by atoms with van der Waals surface area (Å²) in [7, 11) is 0. The standard InChI is InChI=1S/C14H20BrCl/c1-11(2)6-5-7-12(10-15)13-8-3-4-9-14(13)16/h3-4,8-9,11-12H,5-7,10H2,1-2H3. The number of benzene rings is 1. The third-order valence-electron chi connectivity index (χ3n) is 2.87. The highest BCUT2D eigenvalue weighted by Crippen LogP contribution is 2.30. The summed E-state index contributed by atoms with van der Waals surface area (Å²) < 4.78 is 0. The van der Waals surface area contributed by atoms with Crippen LogP contribution in [0, 0.1) is 5.92 Å². The Hall–Kier alpha value is -0.0100. The third-order valence-corrected chi connectivity index (χ3v) is 3.99. The molecule has 0 N–H and O–H groups in total. The monoisotopic (exact) mass is 302 g/mol. The molecule has 0 aliphatic rings. The van der Waals surface area contributed by atoms with E-state index in [1.807, 2.05) is 12.1 Å². The van der Waals surface area contributed by atoms with Crippen LogP contribution in [-0.2, 0) is 0 Å². The molecule has 0 spiro atoms. The third kappa shape index (κ3) is 4.47. The molecule has 0 bridgehead atoms. The summed E-state index contributed by atoms with van der Waals surface area (Å²) in [5, 5.41) is 1.89. The number of halogens is 2. The van der Waals surface area contributed by atoms with Gasteiger partial charge in [0.25, 0.3) is 0 Å². The summed E-state index contributed by atoms with van der Waals surface area (Å²) in [6.45, 7) is 4.55. The summed E-state index contributed by atoms with van der Waals surface area (Å²) in [5.41, 5.74) is 1.28. The summed E-state index contributed by atoms with van der Waals surface area (Å²) in [6, 6.07) is 8.18. The molecule has 1 atom stereocenters. The predicted molar refractivity (Wildman–Crippen MR) is 76.7 cm³/mol. The molecule has 0 fully saturated rings. The Morgan fingerprint density at radius 1 is 1.19 bits per heavy atom. The molecule has 1 aromatic rings. The fourth-order valence-corrected chi connectivity index (χ4v) is 2.86. The molecule has 0 aliphatic carbocycles. The Balaban J connectivity index is 2.57. The van der Waals surface area contributed by atoms with E-state index < -0.39 is 0 Å². The lowest BCUT2D eigenvalue weighted by Gasteiger charge is -2.16. The first-order valence-electron chi connectivity index (χ1n) is 5.95. The van der Waals surface area contributed by atoms with E-state index in [0.717, 1.165) is 16.3 Å². The fourth-order valence-electron chi connectivity index (χ4n) is 1.89. The highest BCUT2D eigenvalue weighted by atomic mass is 79.9. The Bertz CT molecular complexity index is 309. The molecular weight excluding hydrogens is 284 g/mol. The Kier molecular flexibility index (Phi) is 6.45. The summed E-state index contributed by atoms with van der Waals surface area (Å²) in [4.78, 5) is 0. The second-order valence-electron chi connectivity index (χ2n) is 4.70. The van der Waals surface area contributed by atoms with Crippen LogP contribution >= 0.6 is 27.5 Å². The Morgan fingerprint density at radius 2 is 1.88 bits per heavy atom. The van der Waals surface area contributed by atoms with E-state index in [1.54, 1.807) is 0 Å². The summed E-state index contributed by atoms with van der Waals surface area (Å²) in [5.74, 6) is 1.34. The molecule has 0 saturated heterocycles. The van der Waals surface area contributed by atoms with E-state index >= 15 is 0 Å². The lowest BCUT2D eigenvalue weighted by molar-refractivity contribution is 0.515. The van der Waals surface area contributed by atoms with Crippen molar-refractivity contribution < 1.29 is 0 Å². The van der Waals surface area contributed by atoms with Gasteiger partial charge < -0.3 is 0 Å². The second kappa shape index (κ2) is 7.34. The average Bonchev–Trinajstić information content (AvgIpc) is 2.25. The zero-order chi connectivity index (χ0) is 12.0. The maximum atomic E-state index is 6.22. The molecule has 0 saturated carbocycles. The van der Waals surface area contributed by atoms with Gasteiger partial charge in [0, 0.05) is 10.4 Å². The Morgan fingerprint density at radius 3 is 2.44 bits per heavy atom. The van der Waals surface area contributed by atoms with Crippen LogP contribution in [0.1, 0.15) is 44.6 Å². The van der Waals surface area contributed by atoms with E-state index in [1.165, 1.54) is 24.8 Å². The quantitative estimate of drug-likeness (QED) is 0.596. The van der Waals surface area contributed by atoms with E-state index in [4.69, 9.17) is 11.6 Å². The Labute approximate surface area is 113 Å². The van der Waals surface area contributed by atoms with Crippen molar-refractivity contribution in [3.8, 4) is 0 Å². The summed E-state index contributed by atoms with van der Waals surface area (Å²) in [6.07, 6.45) is 3.79. The van der Waals surface area contributed by atoms with Crippen molar-refractivity contribution in [2.24, 2.45) is 5.92 Å². The van der Waals surface area contributed by atoms with Gasteiger partial charge in [-0.05, 0) is 29.9 Å². The molecular formula is C14H20BrCl. The van der Waals surface area contributed by atoms with E-state index in [9.17, 15) is 0 Å². The van der Waals surface area contributed by atoms with Crippen LogP contribution in [0.2, 0.25) is 5.02 Å². The van der Waals surface area contributed by atoms with Crippen molar-refractivity contribution in [2.75, 3.05) is 5.33 Å². The van der Waals surface area contributed by atoms with Crippen LogP contribution < -0.4 is 0 Å². The van der Waals surface area contributed by atoms with Gasteiger partial charge in [-0.2, -0.15) is 0 Å². The topological polar surface area (TPSA) is 0 Å². The van der Waals surface area contributed by atoms with Gasteiger partial charge in [-0.3, -0.25) is 0 Å². The molecule has 2 heteroatoms. The van der Waals surface area contributed by atoms with E-state index in [-0.39, 0.29) is 0 Å². The molecule has 0 heterocycles. The maximum Gasteiger partial charge on any atom is 0.0441 e. The van der Waals surface area contributed by atoms with Crippen molar-refractivity contribution in [1.29, 1.82) is 0 Å². The van der Waals surface area contributed by atoms with Crippen LogP contribution in [0.3, 0.4) is 0 Å². The van der Waals surface area contributed by atoms with Gasteiger partial charge in [0.05, 0.1) is 0 Å². The van der Waals surface area contributed by atoms with Crippen LogP contribution in [0.5, 0.6) is 0 Å². The summed E-state index contributed by atoms with van der Waals surface area (Å²) >= 11 is 9.81. The van der Waals surface area contributed by atoms with Crippen LogP contribution in [0.4, 0.5) is 0 Å². The molecule has 90 valence electrons. The maximum absolute atomic E-state index is 6.22. The van der Waals surface area contributed by atoms with Gasteiger partial charge in [-0.15, -0.1) is 0 Å². The van der Waals surface area contributed by atoms with Crippen LogP contribution in [0.25, 0.3) is 0 Å². The number of alkyl halides is 1. The fraction of sp³-hybridized carbons (Fsp3) is 0.571. The highest BCUT2D eigenvalue weighted by Gasteiger charge is 2.12. The predicted octanol–water partition coefficient (Wildman–Crippen LogP) is 5.64. The second-order valence-corrected chi connectivity index (χ2v) is 5.75. The van der Waals surface area contributed by atoms with Crippen LogP contribution in [-0.4, -0.2) is 5.33 Å². The van der Waals surface area contributed by atoms with Gasteiger partial charge in [0.2, 0.25) is 0 Å². The minimum Gasteiger partial charge on any atom is -0.0921 e. The molecule has 0 aromatic heterocycles. The molecule has 0 amide bonds. The number of hydrogen-bond acceptors (Lipinski definition) is 0. The van der Waals surface area contributed by atoms with Crippen molar-refractivity contribution in [3.63, 3.8) is 0 Å². The van der Waals surface area contributed by atoms with Gasteiger partial charge in [0.15, 0.2) is 0 Å². The molecule has 16 heavy (non-hydrogen) atoms. The SMILES string of the molecule is CC(C)CCCC(CBr)c1ccccc1Cl. The van der Waals surface area contributed by atoms with Gasteiger partial charge in [-0.25, -0.2) is 0 Å². The van der Waals surface area contributed by atoms with Gasteiger partial charge in [-0.1, -0.05) is 72.4 Å². The first-order chi connectivity index (χ1) is 7.65. The average molecular weight is 304 g/mol. The van der Waals surface area contributed by atoms with E-state index in [0.29, 0.717) is 5.92 Å².